The van der Waals surface area contributed by atoms with Gasteiger partial charge in [-0.05, 0) is 37.6 Å². The fraction of sp³-hybridized carbons (Fsp3) is 0.364. The number of anilines is 1. The van der Waals surface area contributed by atoms with Crippen LogP contribution in [0.5, 0.6) is 0 Å². The molecule has 1 atom stereocenters. The Hall–Kier alpha value is -1.13. The Morgan fingerprint density at radius 2 is 2.38 bits per heavy atom. The van der Waals surface area contributed by atoms with Gasteiger partial charge in [0.15, 0.2) is 0 Å². The Morgan fingerprint density at radius 1 is 1.56 bits per heavy atom. The van der Waals surface area contributed by atoms with E-state index in [4.69, 9.17) is 11.6 Å². The van der Waals surface area contributed by atoms with Crippen molar-refractivity contribution >= 4 is 23.2 Å². The molecule has 0 aromatic heterocycles. The average molecular weight is 243 g/mol. The first-order valence-electron chi connectivity index (χ1n) is 5.16. The molecule has 1 amide bonds. The second-order valence-electron chi connectivity index (χ2n) is 3.77. The maximum atomic E-state index is 12.9. The van der Waals surface area contributed by atoms with Crippen LogP contribution in [0, 0.1) is 5.82 Å². The standard InChI is InChI=1S/C11H12ClFN2O/c12-8-6-7(3-4-9(8)13)15-11(16)10-2-1-5-14-10/h3-4,6,10,14H,1-2,5H2,(H,15,16)/t10-/m1/s1. The van der Waals surface area contributed by atoms with Crippen LogP contribution < -0.4 is 10.6 Å². The van der Waals surface area contributed by atoms with Crippen molar-refractivity contribution < 1.29 is 9.18 Å². The summed E-state index contributed by atoms with van der Waals surface area (Å²) in [6, 6.07) is 3.99. The fourth-order valence-corrected chi connectivity index (χ4v) is 1.89. The summed E-state index contributed by atoms with van der Waals surface area (Å²) in [5.74, 6) is -0.584. The molecule has 16 heavy (non-hydrogen) atoms. The van der Waals surface area contributed by atoms with Gasteiger partial charge in [-0.2, -0.15) is 0 Å². The minimum absolute atomic E-state index is 0.0113. The van der Waals surface area contributed by atoms with Crippen LogP contribution in [0.25, 0.3) is 0 Å². The molecule has 1 heterocycles. The zero-order valence-corrected chi connectivity index (χ0v) is 9.35. The molecule has 0 saturated carbocycles. The van der Waals surface area contributed by atoms with Gasteiger partial charge < -0.3 is 10.6 Å². The van der Waals surface area contributed by atoms with Crippen LogP contribution in [0.15, 0.2) is 18.2 Å². The number of hydrogen-bond acceptors (Lipinski definition) is 2. The first-order valence-corrected chi connectivity index (χ1v) is 5.54. The van der Waals surface area contributed by atoms with Crippen LogP contribution in [-0.4, -0.2) is 18.5 Å². The Kier molecular flexibility index (Phi) is 3.41. The predicted octanol–water partition coefficient (Wildman–Crippen LogP) is 2.17. The molecule has 1 aromatic rings. The van der Waals surface area contributed by atoms with Gasteiger partial charge in [-0.15, -0.1) is 0 Å². The summed E-state index contributed by atoms with van der Waals surface area (Å²) in [7, 11) is 0. The topological polar surface area (TPSA) is 41.1 Å². The Labute approximate surface area is 98.0 Å². The van der Waals surface area contributed by atoms with Crippen LogP contribution in [0.2, 0.25) is 5.02 Å². The molecule has 0 unspecified atom stereocenters. The first kappa shape index (κ1) is 11.4. The lowest BCUT2D eigenvalue weighted by Crippen LogP contribution is -2.35. The molecule has 0 aliphatic carbocycles. The van der Waals surface area contributed by atoms with E-state index in [2.05, 4.69) is 10.6 Å². The second kappa shape index (κ2) is 4.80. The van der Waals surface area contributed by atoms with E-state index in [0.717, 1.165) is 19.4 Å². The van der Waals surface area contributed by atoms with E-state index in [0.29, 0.717) is 5.69 Å². The zero-order valence-electron chi connectivity index (χ0n) is 8.59. The highest BCUT2D eigenvalue weighted by molar-refractivity contribution is 6.31. The summed E-state index contributed by atoms with van der Waals surface area (Å²) < 4.78 is 12.9. The van der Waals surface area contributed by atoms with Gasteiger partial charge in [0.1, 0.15) is 5.82 Å². The van der Waals surface area contributed by atoms with E-state index in [9.17, 15) is 9.18 Å². The Balaban J connectivity index is 2.02. The number of carbonyl (C=O) groups is 1. The van der Waals surface area contributed by atoms with Crippen molar-refractivity contribution in [2.45, 2.75) is 18.9 Å². The third-order valence-electron chi connectivity index (χ3n) is 2.56. The molecule has 0 spiro atoms. The maximum Gasteiger partial charge on any atom is 0.241 e. The summed E-state index contributed by atoms with van der Waals surface area (Å²) in [6.07, 6.45) is 1.84. The quantitative estimate of drug-likeness (QED) is 0.835. The van der Waals surface area contributed by atoms with Crippen LogP contribution in [0.4, 0.5) is 10.1 Å². The molecule has 5 heteroatoms. The Bertz CT molecular complexity index is 405. The SMILES string of the molecule is O=C(Nc1ccc(F)c(Cl)c1)[C@H]1CCCN1. The number of nitrogens with one attached hydrogen (secondary N) is 2. The molecule has 3 nitrogen and oxygen atoms in total. The van der Waals surface area contributed by atoms with Gasteiger partial charge in [-0.1, -0.05) is 11.6 Å². The lowest BCUT2D eigenvalue weighted by molar-refractivity contribution is -0.117. The number of benzene rings is 1. The van der Waals surface area contributed by atoms with Gasteiger partial charge in [0, 0.05) is 5.69 Å². The molecule has 1 aliphatic heterocycles. The first-order chi connectivity index (χ1) is 7.66. The highest BCUT2D eigenvalue weighted by atomic mass is 35.5. The van der Waals surface area contributed by atoms with E-state index in [1.165, 1.54) is 18.2 Å². The molecule has 1 saturated heterocycles. The lowest BCUT2D eigenvalue weighted by Gasteiger charge is -2.11. The van der Waals surface area contributed by atoms with Gasteiger partial charge in [-0.25, -0.2) is 4.39 Å². The van der Waals surface area contributed by atoms with Gasteiger partial charge in [0.25, 0.3) is 0 Å². The largest absolute Gasteiger partial charge is 0.325 e. The van der Waals surface area contributed by atoms with Crippen molar-refractivity contribution in [2.75, 3.05) is 11.9 Å². The normalized spacial score (nSPS) is 19.8. The third-order valence-corrected chi connectivity index (χ3v) is 2.85. The van der Waals surface area contributed by atoms with E-state index >= 15 is 0 Å². The van der Waals surface area contributed by atoms with Crippen molar-refractivity contribution in [1.29, 1.82) is 0 Å². The summed E-state index contributed by atoms with van der Waals surface area (Å²) in [4.78, 5) is 11.7. The van der Waals surface area contributed by atoms with Gasteiger partial charge in [0.2, 0.25) is 5.91 Å². The zero-order chi connectivity index (χ0) is 11.5. The summed E-state index contributed by atoms with van der Waals surface area (Å²) in [5, 5.41) is 5.79. The number of halogens is 2. The Morgan fingerprint density at radius 3 is 3.00 bits per heavy atom. The lowest BCUT2D eigenvalue weighted by atomic mass is 10.2. The van der Waals surface area contributed by atoms with Crippen LogP contribution in [0.1, 0.15) is 12.8 Å². The second-order valence-corrected chi connectivity index (χ2v) is 4.17. The van der Waals surface area contributed by atoms with Crippen molar-refractivity contribution in [3.63, 3.8) is 0 Å². The number of hydrogen-bond donors (Lipinski definition) is 2. The van der Waals surface area contributed by atoms with Gasteiger partial charge >= 0.3 is 0 Å². The number of carbonyl (C=O) groups excluding carboxylic acids is 1. The highest BCUT2D eigenvalue weighted by Crippen LogP contribution is 2.19. The monoisotopic (exact) mass is 242 g/mol. The smallest absolute Gasteiger partial charge is 0.241 e. The molecular weight excluding hydrogens is 231 g/mol. The van der Waals surface area contributed by atoms with Crippen LogP contribution >= 0.6 is 11.6 Å². The molecule has 1 aromatic carbocycles. The highest BCUT2D eigenvalue weighted by Gasteiger charge is 2.21. The van der Waals surface area contributed by atoms with E-state index in [1.807, 2.05) is 0 Å². The van der Waals surface area contributed by atoms with E-state index in [1.54, 1.807) is 0 Å². The van der Waals surface area contributed by atoms with Crippen molar-refractivity contribution in [3.05, 3.63) is 29.0 Å². The number of rotatable bonds is 2. The summed E-state index contributed by atoms with van der Waals surface area (Å²) in [5.41, 5.74) is 0.519. The molecule has 1 aliphatic rings. The molecular formula is C11H12ClFN2O. The van der Waals surface area contributed by atoms with Crippen molar-refractivity contribution in [1.82, 2.24) is 5.32 Å². The molecule has 1 fully saturated rings. The maximum absolute atomic E-state index is 12.9. The van der Waals surface area contributed by atoms with Crippen LogP contribution in [0.3, 0.4) is 0 Å². The van der Waals surface area contributed by atoms with Gasteiger partial charge in [0.05, 0.1) is 11.1 Å². The average Bonchev–Trinajstić information content (AvgIpc) is 2.77. The van der Waals surface area contributed by atoms with Crippen molar-refractivity contribution in [3.8, 4) is 0 Å². The summed E-state index contributed by atoms with van der Waals surface area (Å²) >= 11 is 5.62. The minimum Gasteiger partial charge on any atom is -0.325 e. The third kappa shape index (κ3) is 2.51. The van der Waals surface area contributed by atoms with E-state index in [-0.39, 0.29) is 17.0 Å². The molecule has 0 bridgehead atoms. The van der Waals surface area contributed by atoms with Gasteiger partial charge in [-0.3, -0.25) is 4.79 Å². The van der Waals surface area contributed by atoms with Crippen LogP contribution in [-0.2, 0) is 4.79 Å². The molecule has 0 radical (unpaired) electrons. The van der Waals surface area contributed by atoms with E-state index < -0.39 is 5.82 Å². The fourth-order valence-electron chi connectivity index (χ4n) is 1.71. The van der Waals surface area contributed by atoms with Crippen molar-refractivity contribution in [2.24, 2.45) is 0 Å². The molecule has 86 valence electrons. The molecule has 2 N–H and O–H groups in total. The minimum atomic E-state index is -0.487. The number of amides is 1. The predicted molar refractivity (Wildman–Crippen MR) is 61.1 cm³/mol. The molecule has 2 rings (SSSR count). The summed E-state index contributed by atoms with van der Waals surface area (Å²) in [6.45, 7) is 0.863.